The molecule has 6 heterocycles. The molecule has 2 aliphatic carbocycles. The molecule has 2 unspecified atom stereocenters. The van der Waals surface area contributed by atoms with Crippen LogP contribution in [-0.2, 0) is 30.7 Å². The predicted octanol–water partition coefficient (Wildman–Crippen LogP) is 12.1. The van der Waals surface area contributed by atoms with Crippen molar-refractivity contribution >= 4 is 28.6 Å². The number of carbonyl (C=O) groups excluding carboxylic acids is 1. The zero-order chi connectivity index (χ0) is 44.0. The Morgan fingerprint density at radius 3 is 1.26 bits per heavy atom. The highest BCUT2D eigenvalue weighted by Gasteiger charge is 2.48. The molecule has 2 atom stereocenters. The Labute approximate surface area is 390 Å². The third-order valence-corrected chi connectivity index (χ3v) is 15.8. The van der Waals surface area contributed by atoms with Gasteiger partial charge < -0.3 is 19.6 Å². The first kappa shape index (κ1) is 41.0. The molecule has 0 N–H and O–H groups in total. The van der Waals surface area contributed by atoms with E-state index >= 15 is 4.79 Å². The molecule has 66 heavy (non-hydrogen) atoms. The minimum atomic E-state index is -0.201. The van der Waals surface area contributed by atoms with E-state index in [1.165, 1.54) is 71.9 Å². The highest BCUT2D eigenvalue weighted by Crippen LogP contribution is 2.54. The van der Waals surface area contributed by atoms with E-state index in [4.69, 9.17) is 9.97 Å². The summed E-state index contributed by atoms with van der Waals surface area (Å²) in [5, 5.41) is 0. The molecule has 2 fully saturated rings. The summed E-state index contributed by atoms with van der Waals surface area (Å²) in [5.41, 5.74) is 13.6. The summed E-state index contributed by atoms with van der Waals surface area (Å²) in [6, 6.07) is 48.7. The molecule has 332 valence electrons. The van der Waals surface area contributed by atoms with Crippen molar-refractivity contribution < 1.29 is 4.79 Å². The van der Waals surface area contributed by atoms with Crippen LogP contribution in [0.4, 0.5) is 11.6 Å². The lowest BCUT2D eigenvalue weighted by molar-refractivity contribution is -0.109. The first-order chi connectivity index (χ1) is 32.7. The van der Waals surface area contributed by atoms with Crippen molar-refractivity contribution in [2.24, 2.45) is 0 Å². The van der Waals surface area contributed by atoms with E-state index in [-0.39, 0.29) is 17.9 Å². The number of anilines is 2. The molecule has 7 nitrogen and oxygen atoms in total. The van der Waals surface area contributed by atoms with Crippen LogP contribution in [0.2, 0.25) is 0 Å². The van der Waals surface area contributed by atoms with Crippen molar-refractivity contribution in [3.05, 3.63) is 202 Å². The number of aromatic nitrogens is 2. The van der Waals surface area contributed by atoms with E-state index in [0.717, 1.165) is 110 Å². The van der Waals surface area contributed by atoms with Crippen LogP contribution in [0.5, 0.6) is 0 Å². The molecule has 0 bridgehead atoms. The zero-order valence-corrected chi connectivity index (χ0v) is 38.1. The van der Waals surface area contributed by atoms with Crippen LogP contribution in [0.15, 0.2) is 157 Å². The Morgan fingerprint density at radius 1 is 0.439 bits per heavy atom. The van der Waals surface area contributed by atoms with Gasteiger partial charge in [0, 0.05) is 61.8 Å². The number of rotatable bonds is 8. The van der Waals surface area contributed by atoms with Crippen LogP contribution in [0, 0.1) is 0 Å². The van der Waals surface area contributed by atoms with Crippen molar-refractivity contribution in [3.8, 4) is 0 Å². The molecule has 2 aromatic heterocycles. The molecule has 0 amide bonds. The molecular formula is C59H60N6O. The van der Waals surface area contributed by atoms with E-state index in [0.29, 0.717) is 12.1 Å². The van der Waals surface area contributed by atoms with E-state index in [2.05, 4.69) is 153 Å². The third kappa shape index (κ3) is 7.22. The Hall–Kier alpha value is -6.47. The van der Waals surface area contributed by atoms with Crippen molar-refractivity contribution in [1.82, 2.24) is 19.8 Å². The number of hydrogen-bond donors (Lipinski definition) is 0. The molecule has 12 rings (SSSR count). The number of hydrogen-bond acceptors (Lipinski definition) is 7. The standard InChI is InChI=1S/C59H60N6O/c66-57(51-49-31-17-35-60-58(49)64(47-27-9-3-10-28-47)53(43-21-5-1-6-22-43)55(51)62-37-33-41-19-13-15-25-45(41)39-62)52-50-32-18-36-61-59(50)65(48-29-11-4-12-30-48)54(44-23-7-2-8-24-44)56(52)63-38-34-42-20-14-16-26-46(42)40-63/h1-2,5-8,13-26,31-32,35-36,47-48,53-54H,3-4,9-12,27-30,33-34,37-40H2. The van der Waals surface area contributed by atoms with Gasteiger partial charge in [-0.05, 0) is 96.2 Å². The SMILES string of the molecule is O=C(C1=C(N2CCc3ccccc3C2)C(c2ccccc2)N(C2CCCCC2)c2ncccc21)C1=C(N2CCc3ccccc3C2)C(c2ccccc2)N(C2CCCCC2)c2ncccc21. The van der Waals surface area contributed by atoms with Crippen molar-refractivity contribution in [3.63, 3.8) is 0 Å². The predicted molar refractivity (Wildman–Crippen MR) is 266 cm³/mol. The van der Waals surface area contributed by atoms with Crippen LogP contribution >= 0.6 is 0 Å². The Morgan fingerprint density at radius 2 is 0.833 bits per heavy atom. The van der Waals surface area contributed by atoms with Crippen molar-refractivity contribution in [2.75, 3.05) is 22.9 Å². The van der Waals surface area contributed by atoms with Gasteiger partial charge in [0.1, 0.15) is 11.6 Å². The van der Waals surface area contributed by atoms with Gasteiger partial charge in [-0.25, -0.2) is 9.97 Å². The van der Waals surface area contributed by atoms with Crippen LogP contribution in [0.25, 0.3) is 11.1 Å². The molecule has 4 aliphatic heterocycles. The van der Waals surface area contributed by atoms with Crippen LogP contribution in [0.1, 0.15) is 121 Å². The highest BCUT2D eigenvalue weighted by molar-refractivity contribution is 6.44. The smallest absolute Gasteiger partial charge is 0.198 e. The first-order valence-electron chi connectivity index (χ1n) is 24.9. The fourth-order valence-electron chi connectivity index (χ4n) is 12.7. The van der Waals surface area contributed by atoms with E-state index < -0.39 is 0 Å². The Kier molecular flexibility index (Phi) is 11.0. The molecule has 4 aromatic carbocycles. The molecule has 6 aliphatic rings. The van der Waals surface area contributed by atoms with Gasteiger partial charge in [-0.3, -0.25) is 4.79 Å². The second kappa shape index (κ2) is 17.7. The van der Waals surface area contributed by atoms with E-state index in [1.54, 1.807) is 0 Å². The Balaban J connectivity index is 1.16. The van der Waals surface area contributed by atoms with E-state index in [9.17, 15) is 0 Å². The lowest BCUT2D eigenvalue weighted by Crippen LogP contribution is -2.49. The zero-order valence-electron chi connectivity index (χ0n) is 38.1. The molecule has 2 saturated carbocycles. The number of Topliss-reactive ketones (excluding diaryl/α,β-unsaturated/α-hetero) is 1. The summed E-state index contributed by atoms with van der Waals surface area (Å²) < 4.78 is 0. The van der Waals surface area contributed by atoms with Gasteiger partial charge in [0.05, 0.1) is 34.6 Å². The molecule has 0 radical (unpaired) electrons. The minimum absolute atomic E-state index is 0.0784. The number of allylic oxidation sites excluding steroid dienone is 2. The fourth-order valence-corrected chi connectivity index (χ4v) is 12.7. The van der Waals surface area contributed by atoms with Gasteiger partial charge in [0.15, 0.2) is 5.78 Å². The van der Waals surface area contributed by atoms with Gasteiger partial charge in [-0.1, -0.05) is 148 Å². The number of carbonyl (C=O) groups is 1. The summed E-state index contributed by atoms with van der Waals surface area (Å²) in [5.74, 6) is 1.94. The highest BCUT2D eigenvalue weighted by atomic mass is 16.1. The lowest BCUT2D eigenvalue weighted by atomic mass is 9.78. The quantitative estimate of drug-likeness (QED) is 0.151. The summed E-state index contributed by atoms with van der Waals surface area (Å²) in [4.78, 5) is 38.5. The monoisotopic (exact) mass is 868 g/mol. The number of ketones is 1. The first-order valence-corrected chi connectivity index (χ1v) is 24.9. The van der Waals surface area contributed by atoms with E-state index in [1.807, 2.05) is 12.4 Å². The number of pyridine rings is 2. The fraction of sp³-hybridized carbons (Fsp3) is 0.339. The van der Waals surface area contributed by atoms with Gasteiger partial charge in [0.25, 0.3) is 0 Å². The number of benzene rings is 4. The van der Waals surface area contributed by atoms with Gasteiger partial charge in [-0.15, -0.1) is 0 Å². The maximum absolute atomic E-state index is 17.3. The lowest BCUT2D eigenvalue weighted by Gasteiger charge is -2.50. The van der Waals surface area contributed by atoms with Gasteiger partial charge in [-0.2, -0.15) is 0 Å². The second-order valence-electron chi connectivity index (χ2n) is 19.5. The topological polar surface area (TPSA) is 55.8 Å². The average molecular weight is 869 g/mol. The summed E-state index contributed by atoms with van der Waals surface area (Å²) in [7, 11) is 0. The summed E-state index contributed by atoms with van der Waals surface area (Å²) >= 11 is 0. The molecule has 6 aromatic rings. The third-order valence-electron chi connectivity index (χ3n) is 15.8. The second-order valence-corrected chi connectivity index (χ2v) is 19.5. The van der Waals surface area contributed by atoms with Crippen LogP contribution in [-0.4, -0.2) is 50.7 Å². The number of nitrogens with zero attached hydrogens (tertiary/aromatic N) is 6. The maximum atomic E-state index is 17.3. The molecule has 0 saturated heterocycles. The maximum Gasteiger partial charge on any atom is 0.198 e. The Bertz CT molecular complexity index is 2610. The normalized spacial score (nSPS) is 21.3. The van der Waals surface area contributed by atoms with Crippen LogP contribution in [0.3, 0.4) is 0 Å². The van der Waals surface area contributed by atoms with Gasteiger partial charge >= 0.3 is 0 Å². The summed E-state index contributed by atoms with van der Waals surface area (Å²) in [6.45, 7) is 3.15. The van der Waals surface area contributed by atoms with Gasteiger partial charge in [0.2, 0.25) is 0 Å². The minimum Gasteiger partial charge on any atom is -0.368 e. The average Bonchev–Trinajstić information content (AvgIpc) is 3.40. The molecule has 7 heteroatoms. The van der Waals surface area contributed by atoms with Crippen molar-refractivity contribution in [1.29, 1.82) is 0 Å². The largest absolute Gasteiger partial charge is 0.368 e. The summed E-state index contributed by atoms with van der Waals surface area (Å²) in [6.07, 6.45) is 17.5. The van der Waals surface area contributed by atoms with Crippen molar-refractivity contribution in [2.45, 2.75) is 114 Å². The number of fused-ring (bicyclic) bond motifs is 4. The van der Waals surface area contributed by atoms with Crippen LogP contribution < -0.4 is 9.80 Å². The molecule has 0 spiro atoms. The molecular weight excluding hydrogens is 809 g/mol.